The summed E-state index contributed by atoms with van der Waals surface area (Å²) in [4.78, 5) is 14.4. The van der Waals surface area contributed by atoms with Gasteiger partial charge < -0.3 is 4.74 Å². The lowest BCUT2D eigenvalue weighted by Gasteiger charge is -2.06. The van der Waals surface area contributed by atoms with Crippen LogP contribution in [0.5, 0.6) is 5.75 Å². The quantitative estimate of drug-likeness (QED) is 0.447. The molecule has 1 aromatic rings. The number of thioether (sulfide) groups is 1. The van der Waals surface area contributed by atoms with Gasteiger partial charge in [0, 0.05) is 12.3 Å². The zero-order chi connectivity index (χ0) is 10.8. The maximum absolute atomic E-state index is 10.9. The molecule has 80 valence electrons. The van der Waals surface area contributed by atoms with Crippen LogP contribution in [-0.2, 0) is 0 Å². The van der Waals surface area contributed by atoms with E-state index in [1.165, 1.54) is 18.0 Å². The third-order valence-corrected chi connectivity index (χ3v) is 2.73. The monoisotopic (exact) mass is 226 g/mol. The molecule has 0 saturated heterocycles. The van der Waals surface area contributed by atoms with E-state index in [2.05, 4.69) is 4.98 Å². The van der Waals surface area contributed by atoms with Gasteiger partial charge >= 0.3 is 5.69 Å². The topological polar surface area (TPSA) is 65.3 Å². The van der Waals surface area contributed by atoms with Crippen LogP contribution in [0.1, 0.15) is 12.8 Å². The first-order valence-electron chi connectivity index (χ1n) is 4.56. The third kappa shape index (κ3) is 2.20. The van der Waals surface area contributed by atoms with Crippen molar-refractivity contribution < 1.29 is 9.66 Å². The van der Waals surface area contributed by atoms with Gasteiger partial charge in [0.1, 0.15) is 0 Å². The normalized spacial score (nSPS) is 15.0. The number of nitro groups is 1. The summed E-state index contributed by atoms with van der Waals surface area (Å²) in [6, 6.07) is 1.55. The fraction of sp³-hybridized carbons (Fsp3) is 0.444. The van der Waals surface area contributed by atoms with Gasteiger partial charge in [-0.3, -0.25) is 10.1 Å². The Balaban J connectivity index is 2.37. The summed E-state index contributed by atoms with van der Waals surface area (Å²) in [6.45, 7) is 0. The van der Waals surface area contributed by atoms with E-state index in [0.717, 1.165) is 12.8 Å². The van der Waals surface area contributed by atoms with Crippen LogP contribution in [-0.4, -0.2) is 22.3 Å². The zero-order valence-corrected chi connectivity index (χ0v) is 8.99. The number of hydrogen-bond donors (Lipinski definition) is 0. The van der Waals surface area contributed by atoms with Gasteiger partial charge in [-0.2, -0.15) is 0 Å². The molecule has 15 heavy (non-hydrogen) atoms. The number of aromatic nitrogens is 1. The second-order valence-electron chi connectivity index (χ2n) is 3.24. The molecule has 1 fully saturated rings. The molecule has 1 aromatic heterocycles. The van der Waals surface area contributed by atoms with Gasteiger partial charge in [-0.15, -0.1) is 11.8 Å². The predicted molar refractivity (Wildman–Crippen MR) is 56.3 cm³/mol. The fourth-order valence-electron chi connectivity index (χ4n) is 1.20. The van der Waals surface area contributed by atoms with Gasteiger partial charge in [-0.05, 0) is 19.1 Å². The Morgan fingerprint density at radius 2 is 2.40 bits per heavy atom. The molecular weight excluding hydrogens is 216 g/mol. The highest BCUT2D eigenvalue weighted by Gasteiger charge is 2.29. The minimum Gasteiger partial charge on any atom is -0.483 e. The van der Waals surface area contributed by atoms with E-state index in [-0.39, 0.29) is 11.8 Å². The van der Waals surface area contributed by atoms with Crippen LogP contribution in [0.3, 0.4) is 0 Å². The number of pyridine rings is 1. The summed E-state index contributed by atoms with van der Waals surface area (Å²) in [5.41, 5.74) is -0.0168. The molecule has 0 spiro atoms. The first-order chi connectivity index (χ1) is 7.22. The molecule has 1 aliphatic rings. The highest BCUT2D eigenvalue weighted by molar-refractivity contribution is 7.98. The van der Waals surface area contributed by atoms with Crippen LogP contribution in [0.4, 0.5) is 5.69 Å². The van der Waals surface area contributed by atoms with Crippen LogP contribution in [0.15, 0.2) is 17.3 Å². The minimum absolute atomic E-state index is 0.0168. The second-order valence-corrected chi connectivity index (χ2v) is 4.04. The molecule has 2 rings (SSSR count). The molecule has 0 amide bonds. The van der Waals surface area contributed by atoms with Crippen LogP contribution in [0.25, 0.3) is 0 Å². The van der Waals surface area contributed by atoms with E-state index in [0.29, 0.717) is 10.8 Å². The van der Waals surface area contributed by atoms with Gasteiger partial charge in [-0.25, -0.2) is 4.98 Å². The first-order valence-corrected chi connectivity index (χ1v) is 5.79. The van der Waals surface area contributed by atoms with Gasteiger partial charge in [0.05, 0.1) is 11.0 Å². The molecule has 0 aliphatic heterocycles. The standard InChI is InChI=1S/C9H10N2O3S/c1-15-9-8(11(12)13)7(4-5-10-9)14-6-2-3-6/h4-6H,2-3H2,1H3. The Hall–Kier alpha value is -1.30. The van der Waals surface area contributed by atoms with Gasteiger partial charge in [-0.1, -0.05) is 0 Å². The SMILES string of the molecule is CSc1nccc(OC2CC2)c1[N+](=O)[O-]. The number of hydrogen-bond acceptors (Lipinski definition) is 5. The van der Waals surface area contributed by atoms with Crippen molar-refractivity contribution in [2.24, 2.45) is 0 Å². The van der Waals surface area contributed by atoms with Crippen molar-refractivity contribution in [3.63, 3.8) is 0 Å². The highest BCUT2D eigenvalue weighted by atomic mass is 32.2. The number of ether oxygens (including phenoxy) is 1. The Morgan fingerprint density at radius 1 is 1.67 bits per heavy atom. The predicted octanol–water partition coefficient (Wildman–Crippen LogP) is 2.25. The van der Waals surface area contributed by atoms with Crippen molar-refractivity contribution in [2.75, 3.05) is 6.26 Å². The highest BCUT2D eigenvalue weighted by Crippen LogP contribution is 2.37. The molecule has 1 saturated carbocycles. The fourth-order valence-corrected chi connectivity index (χ4v) is 1.73. The van der Waals surface area contributed by atoms with Crippen molar-refractivity contribution in [1.29, 1.82) is 0 Å². The maximum atomic E-state index is 10.9. The van der Waals surface area contributed by atoms with Crippen molar-refractivity contribution in [3.05, 3.63) is 22.4 Å². The smallest absolute Gasteiger partial charge is 0.342 e. The van der Waals surface area contributed by atoms with Crippen LogP contribution in [0, 0.1) is 10.1 Å². The average molecular weight is 226 g/mol. The summed E-state index contributed by atoms with van der Waals surface area (Å²) < 4.78 is 5.47. The lowest BCUT2D eigenvalue weighted by molar-refractivity contribution is -0.389. The van der Waals surface area contributed by atoms with Crippen molar-refractivity contribution in [3.8, 4) is 5.75 Å². The lowest BCUT2D eigenvalue weighted by Crippen LogP contribution is -2.02. The molecule has 0 aromatic carbocycles. The summed E-state index contributed by atoms with van der Waals surface area (Å²) in [7, 11) is 0. The third-order valence-electron chi connectivity index (χ3n) is 2.05. The molecule has 0 N–H and O–H groups in total. The molecule has 0 bridgehead atoms. The minimum atomic E-state index is -0.434. The average Bonchev–Trinajstić information content (AvgIpc) is 3.01. The molecule has 5 nitrogen and oxygen atoms in total. The Kier molecular flexibility index (Phi) is 2.77. The Labute approximate surface area is 91.0 Å². The van der Waals surface area contributed by atoms with Crippen molar-refractivity contribution in [1.82, 2.24) is 4.98 Å². The summed E-state index contributed by atoms with van der Waals surface area (Å²) in [6.07, 6.45) is 5.41. The molecule has 1 heterocycles. The molecular formula is C9H10N2O3S. The largest absolute Gasteiger partial charge is 0.483 e. The molecule has 0 unspecified atom stereocenters. The van der Waals surface area contributed by atoms with Crippen LogP contribution in [0.2, 0.25) is 0 Å². The van der Waals surface area contributed by atoms with Gasteiger partial charge in [0.15, 0.2) is 5.03 Å². The van der Waals surface area contributed by atoms with E-state index in [4.69, 9.17) is 4.74 Å². The van der Waals surface area contributed by atoms with Crippen LogP contribution < -0.4 is 4.74 Å². The van der Waals surface area contributed by atoms with Crippen LogP contribution >= 0.6 is 11.8 Å². The van der Waals surface area contributed by atoms with Crippen molar-refractivity contribution in [2.45, 2.75) is 24.0 Å². The summed E-state index contributed by atoms with van der Waals surface area (Å²) in [5, 5.41) is 11.3. The van der Waals surface area contributed by atoms with Crippen molar-refractivity contribution >= 4 is 17.4 Å². The number of rotatable bonds is 4. The summed E-state index contributed by atoms with van der Waals surface area (Å²) >= 11 is 1.25. The second kappa shape index (κ2) is 4.06. The van der Waals surface area contributed by atoms with E-state index >= 15 is 0 Å². The summed E-state index contributed by atoms with van der Waals surface area (Å²) in [5.74, 6) is 0.335. The van der Waals surface area contributed by atoms with E-state index in [1.807, 2.05) is 0 Å². The van der Waals surface area contributed by atoms with E-state index in [1.54, 1.807) is 12.3 Å². The zero-order valence-electron chi connectivity index (χ0n) is 8.17. The van der Waals surface area contributed by atoms with Gasteiger partial charge in [0.2, 0.25) is 5.75 Å². The molecule has 1 aliphatic carbocycles. The van der Waals surface area contributed by atoms with E-state index < -0.39 is 4.92 Å². The lowest BCUT2D eigenvalue weighted by atomic mass is 10.4. The van der Waals surface area contributed by atoms with E-state index in [9.17, 15) is 10.1 Å². The Bertz CT molecular complexity index is 393. The first kappa shape index (κ1) is 10.2. The Morgan fingerprint density at radius 3 is 2.93 bits per heavy atom. The molecule has 0 radical (unpaired) electrons. The van der Waals surface area contributed by atoms with Gasteiger partial charge in [0.25, 0.3) is 0 Å². The number of nitrogens with zero attached hydrogens (tertiary/aromatic N) is 2. The maximum Gasteiger partial charge on any atom is 0.342 e. The molecule has 0 atom stereocenters. The molecule has 6 heteroatoms.